The van der Waals surface area contributed by atoms with Gasteiger partial charge in [0.2, 0.25) is 0 Å². The molecule has 1 aromatic carbocycles. The lowest BCUT2D eigenvalue weighted by Crippen LogP contribution is -2.19. The maximum Gasteiger partial charge on any atom is 0.335 e. The summed E-state index contributed by atoms with van der Waals surface area (Å²) in [6.07, 6.45) is 2.84. The Morgan fingerprint density at radius 3 is 2.83 bits per heavy atom. The zero-order valence-electron chi connectivity index (χ0n) is 10.6. The fourth-order valence-electron chi connectivity index (χ4n) is 2.94. The van der Waals surface area contributed by atoms with E-state index in [0.29, 0.717) is 6.42 Å². The Morgan fingerprint density at radius 1 is 1.28 bits per heavy atom. The predicted molar refractivity (Wildman–Crippen MR) is 68.8 cm³/mol. The second kappa shape index (κ2) is 4.48. The van der Waals surface area contributed by atoms with Gasteiger partial charge in [-0.1, -0.05) is 24.3 Å². The van der Waals surface area contributed by atoms with Crippen LogP contribution in [0, 0.1) is 0 Å². The summed E-state index contributed by atoms with van der Waals surface area (Å²) in [5.74, 6) is -0.173. The van der Waals surface area contributed by atoms with E-state index in [4.69, 9.17) is 4.74 Å². The van der Waals surface area contributed by atoms with E-state index in [2.05, 4.69) is 23.1 Å². The van der Waals surface area contributed by atoms with Crippen LogP contribution in [-0.2, 0) is 22.5 Å². The zero-order chi connectivity index (χ0) is 12.5. The summed E-state index contributed by atoms with van der Waals surface area (Å²) < 4.78 is 4.94. The largest absolute Gasteiger partial charge is 0.466 e. The van der Waals surface area contributed by atoms with Crippen molar-refractivity contribution in [3.63, 3.8) is 0 Å². The summed E-state index contributed by atoms with van der Waals surface area (Å²) >= 11 is 0. The molecule has 0 unspecified atom stereocenters. The molecule has 0 N–H and O–H groups in total. The second-order valence-electron chi connectivity index (χ2n) is 4.89. The van der Waals surface area contributed by atoms with Crippen LogP contribution in [0.15, 0.2) is 35.5 Å². The van der Waals surface area contributed by atoms with Crippen LogP contribution in [-0.4, -0.2) is 24.5 Å². The van der Waals surface area contributed by atoms with Gasteiger partial charge in [0.15, 0.2) is 0 Å². The molecule has 0 bridgehead atoms. The number of nitrogens with zero attached hydrogens (tertiary/aromatic N) is 1. The smallest absolute Gasteiger partial charge is 0.335 e. The molecule has 0 spiro atoms. The topological polar surface area (TPSA) is 29.5 Å². The molecule has 1 fully saturated rings. The molecular weight excluding hydrogens is 226 g/mol. The number of fused-ring (bicyclic) bond motifs is 2. The average molecular weight is 243 g/mol. The van der Waals surface area contributed by atoms with Crippen LogP contribution in [0.1, 0.15) is 24.0 Å². The first-order chi connectivity index (χ1) is 8.79. The van der Waals surface area contributed by atoms with Crippen molar-refractivity contribution in [3.8, 4) is 0 Å². The van der Waals surface area contributed by atoms with Crippen molar-refractivity contribution < 1.29 is 9.53 Å². The lowest BCUT2D eigenvalue weighted by molar-refractivity contribution is -0.136. The van der Waals surface area contributed by atoms with Crippen LogP contribution in [0.4, 0.5) is 0 Å². The summed E-state index contributed by atoms with van der Waals surface area (Å²) in [7, 11) is 1.46. The molecule has 18 heavy (non-hydrogen) atoms. The fraction of sp³-hybridized carbons (Fsp3) is 0.400. The predicted octanol–water partition coefficient (Wildman–Crippen LogP) is 2.27. The molecular formula is C15H17NO2. The summed E-state index contributed by atoms with van der Waals surface area (Å²) in [5, 5.41) is 0. The van der Waals surface area contributed by atoms with Crippen molar-refractivity contribution in [2.45, 2.75) is 25.8 Å². The molecule has 0 radical (unpaired) electrons. The zero-order valence-corrected chi connectivity index (χ0v) is 10.6. The van der Waals surface area contributed by atoms with E-state index in [1.807, 2.05) is 6.07 Å². The van der Waals surface area contributed by atoms with Crippen LogP contribution in [0.5, 0.6) is 0 Å². The van der Waals surface area contributed by atoms with Gasteiger partial charge in [0.25, 0.3) is 0 Å². The van der Waals surface area contributed by atoms with E-state index in [0.717, 1.165) is 31.5 Å². The molecule has 0 aliphatic carbocycles. The van der Waals surface area contributed by atoms with Gasteiger partial charge < -0.3 is 9.64 Å². The quantitative estimate of drug-likeness (QED) is 0.709. The molecule has 2 heterocycles. The molecule has 1 aromatic rings. The molecule has 2 aliphatic rings. The third kappa shape index (κ3) is 1.80. The minimum atomic E-state index is -0.173. The summed E-state index contributed by atoms with van der Waals surface area (Å²) in [4.78, 5) is 14.3. The van der Waals surface area contributed by atoms with Gasteiger partial charge in [0, 0.05) is 25.2 Å². The number of benzene rings is 1. The fourth-order valence-corrected chi connectivity index (χ4v) is 2.94. The average Bonchev–Trinajstić information content (AvgIpc) is 2.79. The Bertz CT molecular complexity index is 519. The summed E-state index contributed by atoms with van der Waals surface area (Å²) in [6.45, 7) is 1.97. The number of rotatable bonds is 1. The van der Waals surface area contributed by atoms with Gasteiger partial charge in [-0.2, -0.15) is 0 Å². The van der Waals surface area contributed by atoms with E-state index in [9.17, 15) is 4.79 Å². The molecule has 0 aromatic heterocycles. The number of hydrogen-bond donors (Lipinski definition) is 0. The number of ether oxygens (including phenoxy) is 1. The first-order valence-electron chi connectivity index (χ1n) is 6.41. The number of carbonyl (C=O) groups is 1. The summed E-state index contributed by atoms with van der Waals surface area (Å²) in [5.41, 5.74) is 4.62. The van der Waals surface area contributed by atoms with Crippen molar-refractivity contribution in [2.75, 3.05) is 13.7 Å². The van der Waals surface area contributed by atoms with Gasteiger partial charge in [-0.05, 0) is 24.0 Å². The van der Waals surface area contributed by atoms with Gasteiger partial charge in [-0.3, -0.25) is 0 Å². The van der Waals surface area contributed by atoms with Gasteiger partial charge in [-0.15, -0.1) is 0 Å². The number of methoxy groups -OCH3 is 1. The molecule has 3 nitrogen and oxygen atoms in total. The van der Waals surface area contributed by atoms with Gasteiger partial charge in [-0.25, -0.2) is 4.79 Å². The van der Waals surface area contributed by atoms with Gasteiger partial charge in [0.05, 0.1) is 12.7 Å². The van der Waals surface area contributed by atoms with Crippen molar-refractivity contribution in [1.82, 2.24) is 4.90 Å². The highest BCUT2D eigenvalue weighted by molar-refractivity contribution is 5.90. The first-order valence-corrected chi connectivity index (χ1v) is 6.41. The standard InChI is InChI=1S/C15H17NO2/c1-18-15(17)13-9-11-5-2-3-6-12(11)10-16-8-4-7-14(13)16/h2-3,5-6H,4,7-10H2,1H3. The monoisotopic (exact) mass is 243 g/mol. The van der Waals surface area contributed by atoms with Gasteiger partial charge in [0.1, 0.15) is 0 Å². The Balaban J connectivity index is 2.07. The second-order valence-corrected chi connectivity index (χ2v) is 4.89. The minimum absolute atomic E-state index is 0.173. The number of allylic oxidation sites excluding steroid dienone is 1. The maximum absolute atomic E-state index is 12.0. The minimum Gasteiger partial charge on any atom is -0.466 e. The van der Waals surface area contributed by atoms with Crippen LogP contribution in [0.2, 0.25) is 0 Å². The molecule has 0 amide bonds. The highest BCUT2D eigenvalue weighted by Gasteiger charge is 2.28. The van der Waals surface area contributed by atoms with Crippen LogP contribution >= 0.6 is 0 Å². The molecule has 0 saturated carbocycles. The SMILES string of the molecule is COC(=O)C1=C2CCCN2Cc2ccccc2C1. The molecule has 94 valence electrons. The van der Waals surface area contributed by atoms with Crippen molar-refractivity contribution in [1.29, 1.82) is 0 Å². The van der Waals surface area contributed by atoms with E-state index in [1.165, 1.54) is 23.9 Å². The Morgan fingerprint density at radius 2 is 2.06 bits per heavy atom. The third-order valence-corrected chi connectivity index (χ3v) is 3.85. The molecule has 3 rings (SSSR count). The van der Waals surface area contributed by atoms with E-state index < -0.39 is 0 Å². The summed E-state index contributed by atoms with van der Waals surface area (Å²) in [6, 6.07) is 8.37. The molecule has 1 saturated heterocycles. The molecule has 0 atom stereocenters. The van der Waals surface area contributed by atoms with E-state index in [-0.39, 0.29) is 5.97 Å². The lowest BCUT2D eigenvalue weighted by Gasteiger charge is -2.19. The number of carbonyl (C=O) groups excluding carboxylic acids is 1. The molecule has 2 aliphatic heterocycles. The van der Waals surface area contributed by atoms with Crippen molar-refractivity contribution >= 4 is 5.97 Å². The molecule has 3 heteroatoms. The highest BCUT2D eigenvalue weighted by atomic mass is 16.5. The van der Waals surface area contributed by atoms with E-state index >= 15 is 0 Å². The van der Waals surface area contributed by atoms with Gasteiger partial charge >= 0.3 is 5.97 Å². The Hall–Kier alpha value is -1.77. The van der Waals surface area contributed by atoms with Crippen LogP contribution in [0.3, 0.4) is 0 Å². The third-order valence-electron chi connectivity index (χ3n) is 3.85. The number of hydrogen-bond acceptors (Lipinski definition) is 3. The Labute approximate surface area is 107 Å². The van der Waals surface area contributed by atoms with Crippen LogP contribution in [0.25, 0.3) is 0 Å². The van der Waals surface area contributed by atoms with E-state index in [1.54, 1.807) is 0 Å². The number of esters is 1. The van der Waals surface area contributed by atoms with Crippen LogP contribution < -0.4 is 0 Å². The van der Waals surface area contributed by atoms with Crippen molar-refractivity contribution in [2.24, 2.45) is 0 Å². The first kappa shape index (κ1) is 11.3. The normalized spacial score (nSPS) is 18.2. The maximum atomic E-state index is 12.0. The highest BCUT2D eigenvalue weighted by Crippen LogP contribution is 2.32. The Kier molecular flexibility index (Phi) is 2.82. The van der Waals surface area contributed by atoms with Crippen molar-refractivity contribution in [3.05, 3.63) is 46.7 Å². The lowest BCUT2D eigenvalue weighted by atomic mass is 10.00.